The molecule has 0 aliphatic rings. The summed E-state index contributed by atoms with van der Waals surface area (Å²) in [6, 6.07) is 8.20. The van der Waals surface area contributed by atoms with Gasteiger partial charge in [0.25, 0.3) is 0 Å². The van der Waals surface area contributed by atoms with E-state index in [1.54, 1.807) is 7.11 Å². The molecule has 0 fully saturated rings. The van der Waals surface area contributed by atoms with Crippen molar-refractivity contribution in [3.8, 4) is 5.75 Å². The normalized spacial score (nSPS) is 10.1. The zero-order valence-electron chi connectivity index (χ0n) is 8.95. The molecule has 1 rings (SSSR count). The lowest BCUT2D eigenvalue weighted by Crippen LogP contribution is -1.96. The highest BCUT2D eigenvalue weighted by Gasteiger charge is 1.94. The molecule has 0 radical (unpaired) electrons. The van der Waals surface area contributed by atoms with E-state index < -0.39 is 0 Å². The van der Waals surface area contributed by atoms with Crippen molar-refractivity contribution in [2.45, 2.75) is 19.8 Å². The second-order valence-electron chi connectivity index (χ2n) is 3.24. The Balaban J connectivity index is 2.42. The molecule has 78 valence electrons. The molecule has 0 amide bonds. The minimum absolute atomic E-state index is 0.773. The quantitative estimate of drug-likeness (QED) is 0.693. The van der Waals surface area contributed by atoms with E-state index in [0.29, 0.717) is 0 Å². The van der Waals surface area contributed by atoms with Gasteiger partial charge in [0.2, 0.25) is 0 Å². The number of hydrogen-bond donors (Lipinski definition) is 0. The van der Waals surface area contributed by atoms with E-state index in [2.05, 4.69) is 19.1 Å². The van der Waals surface area contributed by atoms with Crippen LogP contribution < -0.4 is 4.74 Å². The summed E-state index contributed by atoms with van der Waals surface area (Å²) in [4.78, 5) is 0. The smallest absolute Gasteiger partial charge is 0.119 e. The summed E-state index contributed by atoms with van der Waals surface area (Å²) in [6.45, 7) is 3.67. The Labute approximate surface area is 85.8 Å². The summed E-state index contributed by atoms with van der Waals surface area (Å²) >= 11 is 0. The van der Waals surface area contributed by atoms with Crippen LogP contribution in [0.3, 0.4) is 0 Å². The molecule has 0 atom stereocenters. The van der Waals surface area contributed by atoms with Crippen LogP contribution in [0.25, 0.3) is 0 Å². The van der Waals surface area contributed by atoms with Gasteiger partial charge in [-0.05, 0) is 30.5 Å². The maximum absolute atomic E-state index is 5.48. The van der Waals surface area contributed by atoms with E-state index in [1.807, 2.05) is 12.1 Å². The third-order valence-electron chi connectivity index (χ3n) is 1.99. The zero-order chi connectivity index (χ0) is 10.2. The zero-order valence-corrected chi connectivity index (χ0v) is 8.95. The third-order valence-corrected chi connectivity index (χ3v) is 1.99. The molecule has 0 aromatic heterocycles. The van der Waals surface area contributed by atoms with Crippen LogP contribution in [-0.2, 0) is 11.2 Å². The second-order valence-corrected chi connectivity index (χ2v) is 3.24. The lowest BCUT2D eigenvalue weighted by Gasteiger charge is -2.05. The topological polar surface area (TPSA) is 18.5 Å². The molecule has 0 bridgehead atoms. The summed E-state index contributed by atoms with van der Waals surface area (Å²) in [5, 5.41) is 0. The monoisotopic (exact) mass is 194 g/mol. The predicted molar refractivity (Wildman–Crippen MR) is 57.8 cm³/mol. The molecule has 0 aliphatic heterocycles. The molecule has 2 nitrogen and oxygen atoms in total. The summed E-state index contributed by atoms with van der Waals surface area (Å²) < 4.78 is 10.5. The highest BCUT2D eigenvalue weighted by Crippen LogP contribution is 2.12. The molecule has 0 unspecified atom stereocenters. The van der Waals surface area contributed by atoms with Crippen molar-refractivity contribution < 1.29 is 9.47 Å². The van der Waals surface area contributed by atoms with Gasteiger partial charge in [0.15, 0.2) is 0 Å². The number of methoxy groups -OCH3 is 1. The van der Waals surface area contributed by atoms with Crippen LogP contribution >= 0.6 is 0 Å². The SMILES string of the molecule is CCCOc1ccc(CCOC)cc1. The fraction of sp³-hybridized carbons (Fsp3) is 0.500. The first kappa shape index (κ1) is 11.1. The van der Waals surface area contributed by atoms with Gasteiger partial charge in [0, 0.05) is 7.11 Å². The van der Waals surface area contributed by atoms with E-state index in [9.17, 15) is 0 Å². The number of benzene rings is 1. The second kappa shape index (κ2) is 6.44. The van der Waals surface area contributed by atoms with Crippen LogP contribution in [-0.4, -0.2) is 20.3 Å². The largest absolute Gasteiger partial charge is 0.494 e. The summed E-state index contributed by atoms with van der Waals surface area (Å²) in [6.07, 6.45) is 2.01. The van der Waals surface area contributed by atoms with Gasteiger partial charge in [0.05, 0.1) is 13.2 Å². The molecule has 0 heterocycles. The van der Waals surface area contributed by atoms with Gasteiger partial charge in [-0.15, -0.1) is 0 Å². The van der Waals surface area contributed by atoms with Crippen LogP contribution in [0.1, 0.15) is 18.9 Å². The Morgan fingerprint density at radius 1 is 1.07 bits per heavy atom. The Morgan fingerprint density at radius 3 is 2.36 bits per heavy atom. The van der Waals surface area contributed by atoms with E-state index in [1.165, 1.54) is 5.56 Å². The van der Waals surface area contributed by atoms with Crippen LogP contribution in [0.2, 0.25) is 0 Å². The summed E-state index contributed by atoms with van der Waals surface area (Å²) in [7, 11) is 1.72. The molecule has 1 aromatic rings. The molecular weight excluding hydrogens is 176 g/mol. The molecule has 2 heteroatoms. The lowest BCUT2D eigenvalue weighted by atomic mass is 10.1. The molecular formula is C12H18O2. The summed E-state index contributed by atoms with van der Waals surface area (Å²) in [5.41, 5.74) is 1.29. The average molecular weight is 194 g/mol. The Bertz CT molecular complexity index is 214. The van der Waals surface area contributed by atoms with Crippen LogP contribution in [0, 0.1) is 0 Å². The maximum Gasteiger partial charge on any atom is 0.119 e. The first-order valence-corrected chi connectivity index (χ1v) is 5.07. The molecule has 0 spiro atoms. The molecule has 14 heavy (non-hydrogen) atoms. The molecule has 0 saturated carbocycles. The van der Waals surface area contributed by atoms with Gasteiger partial charge < -0.3 is 9.47 Å². The lowest BCUT2D eigenvalue weighted by molar-refractivity contribution is 0.202. The molecule has 0 N–H and O–H groups in total. The van der Waals surface area contributed by atoms with Crippen molar-refractivity contribution in [3.63, 3.8) is 0 Å². The molecule has 0 aliphatic carbocycles. The van der Waals surface area contributed by atoms with Crippen molar-refractivity contribution in [1.29, 1.82) is 0 Å². The van der Waals surface area contributed by atoms with Gasteiger partial charge in [-0.3, -0.25) is 0 Å². The maximum atomic E-state index is 5.48. The van der Waals surface area contributed by atoms with E-state index in [-0.39, 0.29) is 0 Å². The van der Waals surface area contributed by atoms with Crippen LogP contribution in [0.15, 0.2) is 24.3 Å². The highest BCUT2D eigenvalue weighted by molar-refractivity contribution is 5.27. The number of hydrogen-bond acceptors (Lipinski definition) is 2. The Kier molecular flexibility index (Phi) is 5.08. The first-order chi connectivity index (χ1) is 6.86. The van der Waals surface area contributed by atoms with E-state index in [4.69, 9.17) is 9.47 Å². The van der Waals surface area contributed by atoms with E-state index >= 15 is 0 Å². The summed E-state index contributed by atoms with van der Waals surface area (Å²) in [5.74, 6) is 0.952. The molecule has 0 saturated heterocycles. The predicted octanol–water partition coefficient (Wildman–Crippen LogP) is 2.66. The van der Waals surface area contributed by atoms with Gasteiger partial charge in [0.1, 0.15) is 5.75 Å². The third kappa shape index (κ3) is 3.79. The van der Waals surface area contributed by atoms with E-state index in [0.717, 1.165) is 31.8 Å². The van der Waals surface area contributed by atoms with Crippen molar-refractivity contribution in [1.82, 2.24) is 0 Å². The Hall–Kier alpha value is -1.02. The minimum Gasteiger partial charge on any atom is -0.494 e. The fourth-order valence-corrected chi connectivity index (χ4v) is 1.19. The number of ether oxygens (including phenoxy) is 2. The van der Waals surface area contributed by atoms with Crippen molar-refractivity contribution in [2.24, 2.45) is 0 Å². The highest BCUT2D eigenvalue weighted by atomic mass is 16.5. The Morgan fingerprint density at radius 2 is 1.79 bits per heavy atom. The van der Waals surface area contributed by atoms with Gasteiger partial charge in [-0.1, -0.05) is 19.1 Å². The van der Waals surface area contributed by atoms with Gasteiger partial charge >= 0.3 is 0 Å². The van der Waals surface area contributed by atoms with Gasteiger partial charge in [-0.25, -0.2) is 0 Å². The first-order valence-electron chi connectivity index (χ1n) is 5.07. The van der Waals surface area contributed by atoms with Crippen LogP contribution in [0.5, 0.6) is 5.75 Å². The standard InChI is InChI=1S/C12H18O2/c1-3-9-14-12-6-4-11(5-7-12)8-10-13-2/h4-7H,3,8-10H2,1-2H3. The fourth-order valence-electron chi connectivity index (χ4n) is 1.19. The van der Waals surface area contributed by atoms with Crippen molar-refractivity contribution >= 4 is 0 Å². The number of rotatable bonds is 6. The molecule has 1 aromatic carbocycles. The average Bonchev–Trinajstić information content (AvgIpc) is 2.25. The minimum atomic E-state index is 0.773. The van der Waals surface area contributed by atoms with Crippen LogP contribution in [0.4, 0.5) is 0 Å². The van der Waals surface area contributed by atoms with Gasteiger partial charge in [-0.2, -0.15) is 0 Å². The van der Waals surface area contributed by atoms with Crippen molar-refractivity contribution in [3.05, 3.63) is 29.8 Å². The van der Waals surface area contributed by atoms with Crippen molar-refractivity contribution in [2.75, 3.05) is 20.3 Å².